The Hall–Kier alpha value is -2.01. The molecule has 88 valence electrons. The molecule has 1 atom stereocenters. The number of hydrogen-bond donors (Lipinski definition) is 1. The zero-order valence-corrected chi connectivity index (χ0v) is 9.46. The summed E-state index contributed by atoms with van der Waals surface area (Å²) in [4.78, 5) is 15.8. The molecule has 0 aliphatic rings. The number of rotatable bonds is 4. The maximum absolute atomic E-state index is 11.7. The molecule has 0 bridgehead atoms. The molecule has 0 aliphatic carbocycles. The van der Waals surface area contributed by atoms with Crippen molar-refractivity contribution in [2.75, 3.05) is 0 Å². The third-order valence-corrected chi connectivity index (χ3v) is 2.44. The van der Waals surface area contributed by atoms with Crippen LogP contribution in [0.4, 0.5) is 0 Å². The molecule has 2 aromatic rings. The Morgan fingerprint density at radius 2 is 2.12 bits per heavy atom. The molecule has 1 aromatic carbocycles. The van der Waals surface area contributed by atoms with E-state index in [-0.39, 0.29) is 11.6 Å². The maximum Gasteiger partial charge on any atom is 0.258 e. The van der Waals surface area contributed by atoms with Crippen LogP contribution in [-0.2, 0) is 0 Å². The van der Waals surface area contributed by atoms with E-state index in [1.165, 1.54) is 0 Å². The van der Waals surface area contributed by atoms with Gasteiger partial charge in [-0.2, -0.15) is 4.98 Å². The van der Waals surface area contributed by atoms with E-state index in [0.29, 0.717) is 12.3 Å². The van der Waals surface area contributed by atoms with Crippen molar-refractivity contribution in [1.82, 2.24) is 10.1 Å². The number of nitrogens with two attached hydrogens (primary N) is 1. The van der Waals surface area contributed by atoms with Crippen LogP contribution in [0.25, 0.3) is 11.5 Å². The first kappa shape index (κ1) is 11.5. The molecule has 0 aliphatic heterocycles. The number of nitrogens with zero attached hydrogens (tertiary/aromatic N) is 2. The lowest BCUT2D eigenvalue weighted by Crippen LogP contribution is -2.30. The largest absolute Gasteiger partial charge is 0.334 e. The van der Waals surface area contributed by atoms with Gasteiger partial charge >= 0.3 is 0 Å². The third kappa shape index (κ3) is 2.39. The zero-order chi connectivity index (χ0) is 12.3. The van der Waals surface area contributed by atoms with Gasteiger partial charge in [-0.1, -0.05) is 30.3 Å². The molecule has 0 unspecified atom stereocenters. The Labute approximate surface area is 98.6 Å². The van der Waals surface area contributed by atoms with Crippen molar-refractivity contribution in [3.63, 3.8) is 0 Å². The Morgan fingerprint density at radius 1 is 1.41 bits per heavy atom. The fourth-order valence-electron chi connectivity index (χ4n) is 1.37. The van der Waals surface area contributed by atoms with Gasteiger partial charge in [0.25, 0.3) is 5.89 Å². The number of Topliss-reactive ketones (excluding diaryl/α,β-unsaturated/α-hetero) is 1. The van der Waals surface area contributed by atoms with E-state index in [2.05, 4.69) is 10.1 Å². The van der Waals surface area contributed by atoms with Gasteiger partial charge in [-0.25, -0.2) is 0 Å². The van der Waals surface area contributed by atoms with Crippen molar-refractivity contribution in [3.05, 3.63) is 36.2 Å². The van der Waals surface area contributed by atoms with Crippen molar-refractivity contribution in [3.8, 4) is 11.5 Å². The molecule has 17 heavy (non-hydrogen) atoms. The van der Waals surface area contributed by atoms with Gasteiger partial charge in [-0.05, 0) is 18.6 Å². The van der Waals surface area contributed by atoms with Crippen molar-refractivity contribution in [2.45, 2.75) is 19.4 Å². The molecule has 0 amide bonds. The van der Waals surface area contributed by atoms with E-state index in [1.54, 1.807) is 0 Å². The molecule has 0 fully saturated rings. The summed E-state index contributed by atoms with van der Waals surface area (Å²) in [5.41, 5.74) is 6.41. The van der Waals surface area contributed by atoms with Crippen LogP contribution in [0.1, 0.15) is 24.0 Å². The molecule has 1 heterocycles. The van der Waals surface area contributed by atoms with Crippen molar-refractivity contribution < 1.29 is 9.32 Å². The monoisotopic (exact) mass is 231 g/mol. The van der Waals surface area contributed by atoms with Gasteiger partial charge in [0, 0.05) is 5.56 Å². The summed E-state index contributed by atoms with van der Waals surface area (Å²) in [5, 5.41) is 3.65. The van der Waals surface area contributed by atoms with Crippen molar-refractivity contribution >= 4 is 5.78 Å². The van der Waals surface area contributed by atoms with E-state index < -0.39 is 6.04 Å². The average molecular weight is 231 g/mol. The number of carbonyl (C=O) groups is 1. The third-order valence-electron chi connectivity index (χ3n) is 2.44. The predicted molar refractivity (Wildman–Crippen MR) is 62.3 cm³/mol. The van der Waals surface area contributed by atoms with Gasteiger partial charge in [0.05, 0.1) is 6.04 Å². The summed E-state index contributed by atoms with van der Waals surface area (Å²) in [5.74, 6) is 0.0777. The molecule has 5 nitrogen and oxygen atoms in total. The summed E-state index contributed by atoms with van der Waals surface area (Å²) in [6.45, 7) is 1.83. The molecule has 2 rings (SSSR count). The second kappa shape index (κ2) is 4.88. The Balaban J connectivity index is 2.25. The van der Waals surface area contributed by atoms with Crippen LogP contribution < -0.4 is 5.73 Å². The summed E-state index contributed by atoms with van der Waals surface area (Å²) in [6.07, 6.45) is 0.550. The van der Waals surface area contributed by atoms with E-state index in [1.807, 2.05) is 37.3 Å². The SMILES string of the molecule is CC[C@H](N)C(=O)c1noc(-c2ccccc2)n1. The first-order valence-electron chi connectivity index (χ1n) is 5.41. The first-order chi connectivity index (χ1) is 8.22. The lowest BCUT2D eigenvalue weighted by Gasteiger charge is -2.01. The minimum absolute atomic E-state index is 0.0400. The van der Waals surface area contributed by atoms with Crippen LogP contribution in [0.5, 0.6) is 0 Å². The molecule has 0 saturated carbocycles. The van der Waals surface area contributed by atoms with Crippen molar-refractivity contribution in [1.29, 1.82) is 0 Å². The molecular formula is C12H13N3O2. The highest BCUT2D eigenvalue weighted by Gasteiger charge is 2.20. The standard InChI is InChI=1S/C12H13N3O2/c1-2-9(13)10(16)11-14-12(17-15-11)8-6-4-3-5-7-8/h3-7,9H,2,13H2,1H3/t9-/m0/s1. The van der Waals surface area contributed by atoms with E-state index in [9.17, 15) is 4.79 Å². The Bertz CT molecular complexity index is 507. The van der Waals surface area contributed by atoms with Crippen LogP contribution >= 0.6 is 0 Å². The lowest BCUT2D eigenvalue weighted by atomic mass is 10.1. The van der Waals surface area contributed by atoms with Gasteiger partial charge in [-0.3, -0.25) is 4.79 Å². The molecule has 0 saturated heterocycles. The highest BCUT2D eigenvalue weighted by Crippen LogP contribution is 2.16. The molecule has 0 radical (unpaired) electrons. The van der Waals surface area contributed by atoms with Crippen LogP contribution in [0.2, 0.25) is 0 Å². The van der Waals surface area contributed by atoms with Gasteiger partial charge in [0.15, 0.2) is 0 Å². The quantitative estimate of drug-likeness (QED) is 0.809. The number of ketones is 1. The molecule has 1 aromatic heterocycles. The second-order valence-corrected chi connectivity index (χ2v) is 3.67. The van der Waals surface area contributed by atoms with Crippen molar-refractivity contribution in [2.24, 2.45) is 5.73 Å². The highest BCUT2D eigenvalue weighted by atomic mass is 16.5. The highest BCUT2D eigenvalue weighted by molar-refractivity contribution is 5.96. The summed E-state index contributed by atoms with van der Waals surface area (Å²) >= 11 is 0. The predicted octanol–water partition coefficient (Wildman–Crippen LogP) is 1.66. The van der Waals surface area contributed by atoms with Gasteiger partial charge in [0.1, 0.15) is 0 Å². The Morgan fingerprint density at radius 3 is 2.76 bits per heavy atom. The average Bonchev–Trinajstić information content (AvgIpc) is 2.87. The molecule has 2 N–H and O–H groups in total. The topological polar surface area (TPSA) is 82.0 Å². The minimum Gasteiger partial charge on any atom is -0.334 e. The lowest BCUT2D eigenvalue weighted by molar-refractivity contribution is 0.0946. The maximum atomic E-state index is 11.7. The fraction of sp³-hybridized carbons (Fsp3) is 0.250. The van der Waals surface area contributed by atoms with Crippen LogP contribution in [0.15, 0.2) is 34.9 Å². The number of aromatic nitrogens is 2. The number of carbonyl (C=O) groups excluding carboxylic acids is 1. The van der Waals surface area contributed by atoms with Gasteiger partial charge in [-0.15, -0.1) is 0 Å². The van der Waals surface area contributed by atoms with Crippen LogP contribution in [0.3, 0.4) is 0 Å². The van der Waals surface area contributed by atoms with Crippen LogP contribution in [-0.4, -0.2) is 22.0 Å². The fourth-order valence-corrected chi connectivity index (χ4v) is 1.37. The van der Waals surface area contributed by atoms with E-state index >= 15 is 0 Å². The minimum atomic E-state index is -0.573. The number of hydrogen-bond acceptors (Lipinski definition) is 5. The first-order valence-corrected chi connectivity index (χ1v) is 5.41. The van der Waals surface area contributed by atoms with E-state index in [0.717, 1.165) is 5.56 Å². The zero-order valence-electron chi connectivity index (χ0n) is 9.46. The second-order valence-electron chi connectivity index (χ2n) is 3.67. The summed E-state index contributed by atoms with van der Waals surface area (Å²) < 4.78 is 5.03. The van der Waals surface area contributed by atoms with E-state index in [4.69, 9.17) is 10.3 Å². The number of benzene rings is 1. The van der Waals surface area contributed by atoms with Gasteiger partial charge < -0.3 is 10.3 Å². The van der Waals surface area contributed by atoms with Crippen LogP contribution in [0, 0.1) is 0 Å². The molecule has 5 heteroatoms. The Kier molecular flexibility index (Phi) is 3.30. The molecule has 0 spiro atoms. The normalized spacial score (nSPS) is 12.4. The summed E-state index contributed by atoms with van der Waals surface area (Å²) in [6, 6.07) is 8.70. The summed E-state index contributed by atoms with van der Waals surface area (Å²) in [7, 11) is 0. The smallest absolute Gasteiger partial charge is 0.258 e. The molecular weight excluding hydrogens is 218 g/mol. The van der Waals surface area contributed by atoms with Gasteiger partial charge in [0.2, 0.25) is 11.6 Å².